The summed E-state index contributed by atoms with van der Waals surface area (Å²) in [4.78, 5) is 0.324. The lowest BCUT2D eigenvalue weighted by Crippen LogP contribution is -2.34. The fourth-order valence-electron chi connectivity index (χ4n) is 2.15. The zero-order valence-corrected chi connectivity index (χ0v) is 12.9. The number of benzene rings is 1. The average Bonchev–Trinajstić information content (AvgIpc) is 3.23. The molecule has 1 saturated carbocycles. The van der Waals surface area contributed by atoms with Crippen molar-refractivity contribution in [3.63, 3.8) is 0 Å². The molecule has 0 radical (unpaired) electrons. The number of sulfonamides is 1. The van der Waals surface area contributed by atoms with Gasteiger partial charge in [0.2, 0.25) is 10.0 Å². The summed E-state index contributed by atoms with van der Waals surface area (Å²) in [6.45, 7) is 4.73. The summed E-state index contributed by atoms with van der Waals surface area (Å²) in [5, 5.41) is 9.02. The predicted molar refractivity (Wildman–Crippen MR) is 78.7 cm³/mol. The Labute approximate surface area is 121 Å². The zero-order chi connectivity index (χ0) is 14.8. The Morgan fingerprint density at radius 1 is 1.25 bits per heavy atom. The van der Waals surface area contributed by atoms with Crippen LogP contribution in [-0.2, 0) is 16.6 Å². The Balaban J connectivity index is 2.20. The van der Waals surface area contributed by atoms with Crippen molar-refractivity contribution in [3.05, 3.63) is 29.8 Å². The molecule has 0 unspecified atom stereocenters. The van der Waals surface area contributed by atoms with Gasteiger partial charge >= 0.3 is 0 Å². The van der Waals surface area contributed by atoms with Crippen molar-refractivity contribution in [2.75, 3.05) is 6.54 Å². The molecule has 0 spiro atoms. The maximum absolute atomic E-state index is 12.7. The molecule has 1 aromatic rings. The molecule has 0 aromatic heterocycles. The first-order valence-corrected chi connectivity index (χ1v) is 8.61. The maximum atomic E-state index is 12.7. The minimum atomic E-state index is -3.41. The molecule has 1 aliphatic rings. The highest BCUT2D eigenvalue weighted by molar-refractivity contribution is 7.89. The number of hydrogen-bond acceptors (Lipinski definition) is 3. The summed E-state index contributed by atoms with van der Waals surface area (Å²) in [6, 6.07) is 6.69. The molecule has 1 aliphatic carbocycles. The van der Waals surface area contributed by atoms with E-state index in [-0.39, 0.29) is 12.6 Å². The summed E-state index contributed by atoms with van der Waals surface area (Å²) in [5.41, 5.74) is 0.726. The van der Waals surface area contributed by atoms with Gasteiger partial charge in [-0.2, -0.15) is 4.31 Å². The molecular formula is C15H23NO3S. The van der Waals surface area contributed by atoms with Crippen molar-refractivity contribution < 1.29 is 13.5 Å². The number of nitrogens with zero attached hydrogens (tertiary/aromatic N) is 1. The van der Waals surface area contributed by atoms with E-state index >= 15 is 0 Å². The second-order valence-electron chi connectivity index (χ2n) is 5.83. The van der Waals surface area contributed by atoms with Gasteiger partial charge in [-0.25, -0.2) is 8.42 Å². The van der Waals surface area contributed by atoms with Crippen molar-refractivity contribution in [2.24, 2.45) is 5.92 Å². The summed E-state index contributed by atoms with van der Waals surface area (Å²) in [6.07, 6.45) is 2.81. The Kier molecular flexibility index (Phi) is 4.83. The van der Waals surface area contributed by atoms with Crippen LogP contribution in [0.3, 0.4) is 0 Å². The standard InChI is InChI=1S/C15H23NO3S/c1-12(2)9-10-16(14-5-6-14)20(18,19)15-7-3-13(11-17)4-8-15/h3-4,7-8,12,14,17H,5-6,9-11H2,1-2H3. The normalized spacial score (nSPS) is 16.1. The van der Waals surface area contributed by atoms with Gasteiger partial charge in [-0.15, -0.1) is 0 Å². The molecule has 1 N–H and O–H groups in total. The monoisotopic (exact) mass is 297 g/mol. The topological polar surface area (TPSA) is 57.6 Å². The molecular weight excluding hydrogens is 274 g/mol. The maximum Gasteiger partial charge on any atom is 0.243 e. The van der Waals surface area contributed by atoms with Gasteiger partial charge < -0.3 is 5.11 Å². The minimum Gasteiger partial charge on any atom is -0.392 e. The van der Waals surface area contributed by atoms with Crippen LogP contribution in [0.4, 0.5) is 0 Å². The van der Waals surface area contributed by atoms with Gasteiger partial charge in [0.05, 0.1) is 11.5 Å². The second kappa shape index (κ2) is 6.24. The first kappa shape index (κ1) is 15.5. The van der Waals surface area contributed by atoms with Gasteiger partial charge in [0.25, 0.3) is 0 Å². The Hall–Kier alpha value is -0.910. The van der Waals surface area contributed by atoms with Gasteiger partial charge in [0, 0.05) is 12.6 Å². The quantitative estimate of drug-likeness (QED) is 0.840. The summed E-state index contributed by atoms with van der Waals surface area (Å²) >= 11 is 0. The molecule has 1 fully saturated rings. The number of aliphatic hydroxyl groups is 1. The van der Waals surface area contributed by atoms with Gasteiger partial charge in [0.1, 0.15) is 0 Å². The predicted octanol–water partition coefficient (Wildman–Crippen LogP) is 2.38. The van der Waals surface area contributed by atoms with Crippen LogP contribution in [0.1, 0.15) is 38.7 Å². The lowest BCUT2D eigenvalue weighted by molar-refractivity contribution is 0.281. The largest absolute Gasteiger partial charge is 0.392 e. The third kappa shape index (κ3) is 3.59. The third-order valence-electron chi connectivity index (χ3n) is 3.59. The van der Waals surface area contributed by atoms with E-state index in [0.717, 1.165) is 24.8 Å². The molecule has 0 atom stereocenters. The van der Waals surface area contributed by atoms with E-state index in [1.165, 1.54) is 0 Å². The third-order valence-corrected chi connectivity index (χ3v) is 5.56. The Bertz CT molecular complexity index is 533. The molecule has 1 aromatic carbocycles. The van der Waals surface area contributed by atoms with Crippen LogP contribution in [0, 0.1) is 5.92 Å². The lowest BCUT2D eigenvalue weighted by atomic mass is 10.1. The van der Waals surface area contributed by atoms with Crippen LogP contribution < -0.4 is 0 Å². The highest BCUT2D eigenvalue weighted by Gasteiger charge is 2.37. The molecule has 5 heteroatoms. The van der Waals surface area contributed by atoms with E-state index in [1.54, 1.807) is 28.6 Å². The minimum absolute atomic E-state index is 0.0694. The van der Waals surface area contributed by atoms with Gasteiger partial charge in [-0.1, -0.05) is 26.0 Å². The van der Waals surface area contributed by atoms with Crippen LogP contribution in [0.5, 0.6) is 0 Å². The van der Waals surface area contributed by atoms with Crippen molar-refractivity contribution >= 4 is 10.0 Å². The SMILES string of the molecule is CC(C)CCN(C1CC1)S(=O)(=O)c1ccc(CO)cc1. The summed E-state index contributed by atoms with van der Waals surface area (Å²) in [5.74, 6) is 0.489. The number of aliphatic hydroxyl groups excluding tert-OH is 1. The van der Waals surface area contributed by atoms with Crippen LogP contribution in [0.25, 0.3) is 0 Å². The molecule has 0 aliphatic heterocycles. The molecule has 0 heterocycles. The van der Waals surface area contributed by atoms with Crippen LogP contribution in [-0.4, -0.2) is 30.4 Å². The Morgan fingerprint density at radius 2 is 1.85 bits per heavy atom. The fraction of sp³-hybridized carbons (Fsp3) is 0.600. The van der Waals surface area contributed by atoms with E-state index in [4.69, 9.17) is 5.11 Å². The fourth-order valence-corrected chi connectivity index (χ4v) is 3.85. The molecule has 2 rings (SSSR count). The van der Waals surface area contributed by atoms with E-state index < -0.39 is 10.0 Å². The van der Waals surface area contributed by atoms with Crippen molar-refractivity contribution in [1.29, 1.82) is 0 Å². The van der Waals surface area contributed by atoms with E-state index in [9.17, 15) is 8.42 Å². The van der Waals surface area contributed by atoms with Crippen molar-refractivity contribution in [1.82, 2.24) is 4.31 Å². The summed E-state index contributed by atoms with van der Waals surface area (Å²) < 4.78 is 27.0. The van der Waals surface area contributed by atoms with Crippen molar-refractivity contribution in [3.8, 4) is 0 Å². The Morgan fingerprint density at radius 3 is 2.30 bits per heavy atom. The first-order valence-electron chi connectivity index (χ1n) is 7.17. The second-order valence-corrected chi connectivity index (χ2v) is 7.72. The number of hydrogen-bond donors (Lipinski definition) is 1. The highest BCUT2D eigenvalue weighted by Crippen LogP contribution is 2.32. The summed E-state index contributed by atoms with van der Waals surface area (Å²) in [7, 11) is -3.41. The molecule has 4 nitrogen and oxygen atoms in total. The van der Waals surface area contributed by atoms with Gasteiger partial charge in [0.15, 0.2) is 0 Å². The average molecular weight is 297 g/mol. The van der Waals surface area contributed by atoms with Gasteiger partial charge in [-0.3, -0.25) is 0 Å². The molecule has 112 valence electrons. The molecule has 20 heavy (non-hydrogen) atoms. The highest BCUT2D eigenvalue weighted by atomic mass is 32.2. The van der Waals surface area contributed by atoms with E-state index in [1.807, 2.05) is 0 Å². The molecule has 0 bridgehead atoms. The first-order chi connectivity index (χ1) is 9.45. The zero-order valence-electron chi connectivity index (χ0n) is 12.1. The van der Waals surface area contributed by atoms with Crippen molar-refractivity contribution in [2.45, 2.75) is 50.7 Å². The van der Waals surface area contributed by atoms with E-state index in [0.29, 0.717) is 17.4 Å². The molecule has 0 saturated heterocycles. The van der Waals surface area contributed by atoms with E-state index in [2.05, 4.69) is 13.8 Å². The lowest BCUT2D eigenvalue weighted by Gasteiger charge is -2.22. The van der Waals surface area contributed by atoms with Crippen LogP contribution in [0.15, 0.2) is 29.2 Å². The number of rotatable bonds is 7. The smallest absolute Gasteiger partial charge is 0.243 e. The van der Waals surface area contributed by atoms with Crippen LogP contribution in [0.2, 0.25) is 0 Å². The molecule has 0 amide bonds. The van der Waals surface area contributed by atoms with Crippen LogP contribution >= 0.6 is 0 Å². The van der Waals surface area contributed by atoms with Gasteiger partial charge in [-0.05, 0) is 42.9 Å².